The zero-order chi connectivity index (χ0) is 17.6. The monoisotopic (exact) mass is 368 g/mol. The van der Waals surface area contributed by atoms with Gasteiger partial charge in [0.1, 0.15) is 5.75 Å². The molecule has 0 saturated carbocycles. The van der Waals surface area contributed by atoms with Crippen LogP contribution >= 0.6 is 11.6 Å². The first kappa shape index (κ1) is 18.3. The molecule has 2 aromatic carbocycles. The van der Waals surface area contributed by atoms with Crippen LogP contribution in [0.3, 0.4) is 0 Å². The standard InChI is InChI=1S/C16H17ClN2O4S/c17-13-3-5-14(6-4-13)23-10-9-16(20)19-11-12-1-7-15(8-2-12)24(18,21)22/h1-8H,9-11H2,(H,19,20)(H2,18,21,22). The van der Waals surface area contributed by atoms with Crippen molar-refractivity contribution in [1.82, 2.24) is 5.32 Å². The fraction of sp³-hybridized carbons (Fsp3) is 0.188. The van der Waals surface area contributed by atoms with Crippen LogP contribution < -0.4 is 15.2 Å². The molecule has 2 rings (SSSR count). The highest BCUT2D eigenvalue weighted by Gasteiger charge is 2.07. The average molecular weight is 369 g/mol. The Kier molecular flexibility index (Phi) is 6.19. The van der Waals surface area contributed by atoms with Gasteiger partial charge in [0.15, 0.2) is 0 Å². The maximum atomic E-state index is 11.8. The molecular weight excluding hydrogens is 352 g/mol. The maximum Gasteiger partial charge on any atom is 0.238 e. The first-order chi connectivity index (χ1) is 11.3. The number of nitrogens with one attached hydrogen (secondary N) is 1. The van der Waals surface area contributed by atoms with Crippen LogP contribution in [0.4, 0.5) is 0 Å². The number of carbonyl (C=O) groups is 1. The third-order valence-electron chi connectivity index (χ3n) is 3.15. The third-order valence-corrected chi connectivity index (χ3v) is 4.33. The number of nitrogens with two attached hydrogens (primary N) is 1. The minimum Gasteiger partial charge on any atom is -0.493 e. The number of benzene rings is 2. The smallest absolute Gasteiger partial charge is 0.238 e. The number of halogens is 1. The summed E-state index contributed by atoms with van der Waals surface area (Å²) in [6.07, 6.45) is 0.206. The van der Waals surface area contributed by atoms with E-state index in [4.69, 9.17) is 21.5 Å². The van der Waals surface area contributed by atoms with E-state index < -0.39 is 10.0 Å². The molecule has 24 heavy (non-hydrogen) atoms. The fourth-order valence-corrected chi connectivity index (χ4v) is 2.52. The lowest BCUT2D eigenvalue weighted by atomic mass is 10.2. The van der Waals surface area contributed by atoms with Gasteiger partial charge in [-0.3, -0.25) is 4.79 Å². The van der Waals surface area contributed by atoms with E-state index in [0.717, 1.165) is 5.56 Å². The van der Waals surface area contributed by atoms with E-state index in [0.29, 0.717) is 17.3 Å². The molecule has 3 N–H and O–H groups in total. The quantitative estimate of drug-likeness (QED) is 0.781. The van der Waals surface area contributed by atoms with Crippen molar-refractivity contribution in [2.24, 2.45) is 5.14 Å². The van der Waals surface area contributed by atoms with Crippen molar-refractivity contribution in [3.05, 3.63) is 59.1 Å². The summed E-state index contributed by atoms with van der Waals surface area (Å²) >= 11 is 5.77. The van der Waals surface area contributed by atoms with Gasteiger partial charge in [0.05, 0.1) is 17.9 Å². The van der Waals surface area contributed by atoms with Crippen molar-refractivity contribution in [2.75, 3.05) is 6.61 Å². The first-order valence-electron chi connectivity index (χ1n) is 7.11. The molecule has 2 aromatic rings. The minimum absolute atomic E-state index is 0.0361. The Morgan fingerprint density at radius 2 is 1.71 bits per heavy atom. The molecule has 0 fully saturated rings. The minimum atomic E-state index is -3.70. The normalized spacial score (nSPS) is 11.1. The van der Waals surface area contributed by atoms with Crippen LogP contribution in [-0.4, -0.2) is 20.9 Å². The molecule has 8 heteroatoms. The van der Waals surface area contributed by atoms with Crippen molar-refractivity contribution in [1.29, 1.82) is 0 Å². The number of carbonyl (C=O) groups excluding carboxylic acids is 1. The molecule has 0 aliphatic heterocycles. The summed E-state index contributed by atoms with van der Waals surface area (Å²) in [7, 11) is -3.70. The van der Waals surface area contributed by atoms with E-state index in [1.807, 2.05) is 0 Å². The molecule has 0 aromatic heterocycles. The van der Waals surface area contributed by atoms with E-state index in [-0.39, 0.29) is 23.8 Å². The Bertz CT molecular complexity index is 790. The Morgan fingerprint density at radius 1 is 1.08 bits per heavy atom. The summed E-state index contributed by atoms with van der Waals surface area (Å²) in [6, 6.07) is 12.9. The molecule has 0 spiro atoms. The van der Waals surface area contributed by atoms with Gasteiger partial charge in [0.25, 0.3) is 0 Å². The van der Waals surface area contributed by atoms with Gasteiger partial charge in [-0.05, 0) is 42.0 Å². The second-order valence-corrected chi connectivity index (χ2v) is 7.02. The lowest BCUT2D eigenvalue weighted by molar-refractivity contribution is -0.121. The molecule has 0 unspecified atom stereocenters. The van der Waals surface area contributed by atoms with Crippen molar-refractivity contribution in [3.63, 3.8) is 0 Å². The lowest BCUT2D eigenvalue weighted by Gasteiger charge is -2.08. The van der Waals surface area contributed by atoms with Gasteiger partial charge in [0.2, 0.25) is 15.9 Å². The summed E-state index contributed by atoms with van der Waals surface area (Å²) in [5, 5.41) is 8.37. The zero-order valence-electron chi connectivity index (χ0n) is 12.7. The Morgan fingerprint density at radius 3 is 2.29 bits per heavy atom. The Hall–Kier alpha value is -2.09. The molecule has 0 bridgehead atoms. The average Bonchev–Trinajstić information content (AvgIpc) is 2.54. The van der Waals surface area contributed by atoms with E-state index in [1.165, 1.54) is 12.1 Å². The maximum absolute atomic E-state index is 11.8. The Labute approximate surface area is 145 Å². The molecule has 128 valence electrons. The van der Waals surface area contributed by atoms with Gasteiger partial charge < -0.3 is 10.1 Å². The van der Waals surface area contributed by atoms with E-state index in [2.05, 4.69) is 5.32 Å². The number of rotatable bonds is 7. The largest absolute Gasteiger partial charge is 0.493 e. The van der Waals surface area contributed by atoms with E-state index >= 15 is 0 Å². The topological polar surface area (TPSA) is 98.5 Å². The second kappa shape index (κ2) is 8.14. The van der Waals surface area contributed by atoms with Crippen molar-refractivity contribution >= 4 is 27.5 Å². The fourth-order valence-electron chi connectivity index (χ4n) is 1.88. The predicted molar refractivity (Wildman–Crippen MR) is 91.2 cm³/mol. The Balaban J connectivity index is 1.74. The van der Waals surface area contributed by atoms with Crippen LogP contribution in [0.5, 0.6) is 5.75 Å². The summed E-state index contributed by atoms with van der Waals surface area (Å²) in [5.74, 6) is 0.477. The molecule has 0 saturated heterocycles. The van der Waals surface area contributed by atoms with Gasteiger partial charge in [-0.15, -0.1) is 0 Å². The summed E-state index contributed by atoms with van der Waals surface area (Å²) < 4.78 is 27.7. The highest BCUT2D eigenvalue weighted by Crippen LogP contribution is 2.15. The van der Waals surface area contributed by atoms with Crippen LogP contribution in [0.1, 0.15) is 12.0 Å². The highest BCUT2D eigenvalue weighted by molar-refractivity contribution is 7.89. The number of hydrogen-bond donors (Lipinski definition) is 2. The van der Waals surface area contributed by atoms with Crippen LogP contribution in [0, 0.1) is 0 Å². The molecular formula is C16H17ClN2O4S. The number of hydrogen-bond acceptors (Lipinski definition) is 4. The van der Waals surface area contributed by atoms with Gasteiger partial charge in [-0.2, -0.15) is 0 Å². The molecule has 0 aliphatic rings. The van der Waals surface area contributed by atoms with Gasteiger partial charge >= 0.3 is 0 Å². The van der Waals surface area contributed by atoms with Crippen LogP contribution in [0.15, 0.2) is 53.4 Å². The van der Waals surface area contributed by atoms with E-state index in [1.54, 1.807) is 36.4 Å². The highest BCUT2D eigenvalue weighted by atomic mass is 35.5. The first-order valence-corrected chi connectivity index (χ1v) is 9.04. The molecule has 0 aliphatic carbocycles. The number of sulfonamides is 1. The van der Waals surface area contributed by atoms with Crippen molar-refractivity contribution in [3.8, 4) is 5.75 Å². The van der Waals surface area contributed by atoms with Gasteiger partial charge in [0, 0.05) is 11.6 Å². The molecule has 0 radical (unpaired) electrons. The van der Waals surface area contributed by atoms with Crippen molar-refractivity contribution in [2.45, 2.75) is 17.9 Å². The van der Waals surface area contributed by atoms with Gasteiger partial charge in [-0.1, -0.05) is 23.7 Å². The summed E-state index contributed by atoms with van der Waals surface area (Å²) in [4.78, 5) is 11.8. The number of primary sulfonamides is 1. The second-order valence-electron chi connectivity index (χ2n) is 5.02. The van der Waals surface area contributed by atoms with Crippen molar-refractivity contribution < 1.29 is 17.9 Å². The van der Waals surface area contributed by atoms with Gasteiger partial charge in [-0.25, -0.2) is 13.6 Å². The van der Waals surface area contributed by atoms with Crippen LogP contribution in [0.2, 0.25) is 5.02 Å². The van der Waals surface area contributed by atoms with E-state index in [9.17, 15) is 13.2 Å². The number of ether oxygens (including phenoxy) is 1. The summed E-state index contributed by atoms with van der Waals surface area (Å²) in [5.41, 5.74) is 0.773. The van der Waals surface area contributed by atoms with Crippen LogP contribution in [0.25, 0.3) is 0 Å². The molecule has 6 nitrogen and oxygen atoms in total. The molecule has 1 amide bonds. The SMILES string of the molecule is NS(=O)(=O)c1ccc(CNC(=O)CCOc2ccc(Cl)cc2)cc1. The lowest BCUT2D eigenvalue weighted by Crippen LogP contribution is -2.24. The predicted octanol–water partition coefficient (Wildman–Crippen LogP) is 2.07. The molecule has 0 atom stereocenters. The third kappa shape index (κ3) is 5.84. The zero-order valence-corrected chi connectivity index (χ0v) is 14.3. The molecule has 0 heterocycles. The number of amides is 1. The van der Waals surface area contributed by atoms with Crippen LogP contribution in [-0.2, 0) is 21.4 Å². The summed E-state index contributed by atoms with van der Waals surface area (Å²) in [6.45, 7) is 0.544.